The number of halogens is 1. The van der Waals surface area contributed by atoms with Gasteiger partial charge >= 0.3 is 0 Å². The van der Waals surface area contributed by atoms with Crippen LogP contribution in [0.15, 0.2) is 24.3 Å². The van der Waals surface area contributed by atoms with Gasteiger partial charge in [-0.15, -0.1) is 12.4 Å². The zero-order chi connectivity index (χ0) is 15.2. The van der Waals surface area contributed by atoms with Crippen molar-refractivity contribution in [3.05, 3.63) is 29.8 Å². The van der Waals surface area contributed by atoms with Crippen molar-refractivity contribution in [2.45, 2.75) is 39.2 Å². The van der Waals surface area contributed by atoms with E-state index in [4.69, 9.17) is 5.73 Å². The number of rotatable bonds is 5. The molecule has 3 N–H and O–H groups in total. The Bertz CT molecular complexity index is 461. The summed E-state index contributed by atoms with van der Waals surface area (Å²) in [6.45, 7) is 6.56. The number of carbonyl (C=O) groups is 1. The normalized spacial score (nSPS) is 20.0. The molecule has 2 unspecified atom stereocenters. The number of likely N-dealkylation sites (tertiary alicyclic amines) is 1. The standard InChI is InChI=1S/C17H27N3O.ClH/c1-3-14-6-8-16(9-7-14)19-17(21)12-20-10-4-5-15(11-20)13(2)18;/h6-9,13,15H,3-5,10-12,18H2,1-2H3,(H,19,21);1H. The van der Waals surface area contributed by atoms with Gasteiger partial charge in [0.25, 0.3) is 0 Å². The maximum atomic E-state index is 12.1. The van der Waals surface area contributed by atoms with Gasteiger partial charge in [0.15, 0.2) is 0 Å². The fraction of sp³-hybridized carbons (Fsp3) is 0.588. The van der Waals surface area contributed by atoms with Crippen LogP contribution in [0.2, 0.25) is 0 Å². The summed E-state index contributed by atoms with van der Waals surface area (Å²) in [4.78, 5) is 14.3. The average Bonchev–Trinajstić information content (AvgIpc) is 2.48. The molecular formula is C17H28ClN3O. The molecule has 0 radical (unpaired) electrons. The van der Waals surface area contributed by atoms with Gasteiger partial charge in [-0.05, 0) is 56.3 Å². The molecule has 1 heterocycles. The molecule has 0 aromatic heterocycles. The second kappa shape index (κ2) is 9.13. The molecule has 0 aliphatic carbocycles. The molecule has 2 rings (SSSR count). The van der Waals surface area contributed by atoms with Crippen LogP contribution in [0.1, 0.15) is 32.3 Å². The number of nitrogens with one attached hydrogen (secondary N) is 1. The first-order valence-electron chi connectivity index (χ1n) is 7.95. The molecule has 22 heavy (non-hydrogen) atoms. The van der Waals surface area contributed by atoms with Crippen molar-refractivity contribution in [1.82, 2.24) is 4.90 Å². The van der Waals surface area contributed by atoms with Crippen LogP contribution < -0.4 is 11.1 Å². The third kappa shape index (κ3) is 5.59. The van der Waals surface area contributed by atoms with Crippen LogP contribution in [0.25, 0.3) is 0 Å². The van der Waals surface area contributed by atoms with Gasteiger partial charge in [-0.1, -0.05) is 19.1 Å². The minimum Gasteiger partial charge on any atom is -0.328 e. The lowest BCUT2D eigenvalue weighted by atomic mass is 9.92. The molecule has 1 fully saturated rings. The maximum Gasteiger partial charge on any atom is 0.238 e. The number of hydrogen-bond acceptors (Lipinski definition) is 3. The molecule has 1 aliphatic heterocycles. The van der Waals surface area contributed by atoms with E-state index >= 15 is 0 Å². The second-order valence-electron chi connectivity index (χ2n) is 6.10. The van der Waals surface area contributed by atoms with E-state index in [9.17, 15) is 4.79 Å². The van der Waals surface area contributed by atoms with Crippen LogP contribution >= 0.6 is 12.4 Å². The van der Waals surface area contributed by atoms with Gasteiger partial charge in [0.05, 0.1) is 6.54 Å². The molecular weight excluding hydrogens is 298 g/mol. The van der Waals surface area contributed by atoms with Crippen molar-refractivity contribution in [1.29, 1.82) is 0 Å². The van der Waals surface area contributed by atoms with Gasteiger partial charge < -0.3 is 11.1 Å². The average molecular weight is 326 g/mol. The van der Waals surface area contributed by atoms with E-state index in [0.717, 1.165) is 31.6 Å². The first-order valence-corrected chi connectivity index (χ1v) is 7.95. The van der Waals surface area contributed by atoms with Gasteiger partial charge in [-0.25, -0.2) is 0 Å². The van der Waals surface area contributed by atoms with E-state index in [1.54, 1.807) is 0 Å². The highest BCUT2D eigenvalue weighted by Crippen LogP contribution is 2.18. The largest absolute Gasteiger partial charge is 0.328 e. The molecule has 1 aromatic carbocycles. The predicted molar refractivity (Wildman–Crippen MR) is 94.5 cm³/mol. The molecule has 1 aliphatic rings. The smallest absolute Gasteiger partial charge is 0.238 e. The van der Waals surface area contributed by atoms with Crippen molar-refractivity contribution < 1.29 is 4.79 Å². The van der Waals surface area contributed by atoms with Gasteiger partial charge in [-0.2, -0.15) is 0 Å². The summed E-state index contributed by atoms with van der Waals surface area (Å²) in [5.41, 5.74) is 8.14. The van der Waals surface area contributed by atoms with E-state index in [-0.39, 0.29) is 24.4 Å². The van der Waals surface area contributed by atoms with Gasteiger partial charge in [0, 0.05) is 18.3 Å². The third-order valence-corrected chi connectivity index (χ3v) is 4.30. The minimum absolute atomic E-state index is 0. The van der Waals surface area contributed by atoms with E-state index in [1.165, 1.54) is 12.0 Å². The molecule has 2 atom stereocenters. The Balaban J connectivity index is 0.00000242. The topological polar surface area (TPSA) is 58.4 Å². The Labute approximate surface area is 139 Å². The number of nitrogens with two attached hydrogens (primary N) is 1. The molecule has 124 valence electrons. The molecule has 0 bridgehead atoms. The molecule has 4 nitrogen and oxygen atoms in total. The predicted octanol–water partition coefficient (Wildman–Crippen LogP) is 2.67. The highest BCUT2D eigenvalue weighted by molar-refractivity contribution is 5.92. The Morgan fingerprint density at radius 1 is 1.41 bits per heavy atom. The Hall–Kier alpha value is -1.10. The van der Waals surface area contributed by atoms with Crippen LogP contribution in [-0.4, -0.2) is 36.5 Å². The summed E-state index contributed by atoms with van der Waals surface area (Å²) in [5.74, 6) is 0.569. The summed E-state index contributed by atoms with van der Waals surface area (Å²) < 4.78 is 0. The molecule has 1 aromatic rings. The summed E-state index contributed by atoms with van der Waals surface area (Å²) in [6, 6.07) is 8.26. The van der Waals surface area contributed by atoms with Crippen molar-refractivity contribution >= 4 is 24.0 Å². The number of hydrogen-bond donors (Lipinski definition) is 2. The van der Waals surface area contributed by atoms with Gasteiger partial charge in [0.1, 0.15) is 0 Å². The highest BCUT2D eigenvalue weighted by atomic mass is 35.5. The number of amides is 1. The number of nitrogens with zero attached hydrogens (tertiary/aromatic N) is 1. The monoisotopic (exact) mass is 325 g/mol. The van der Waals surface area contributed by atoms with E-state index in [2.05, 4.69) is 36.2 Å². The van der Waals surface area contributed by atoms with E-state index < -0.39 is 0 Å². The van der Waals surface area contributed by atoms with E-state index in [1.807, 2.05) is 12.1 Å². The van der Waals surface area contributed by atoms with Crippen molar-refractivity contribution in [2.75, 3.05) is 25.0 Å². The Morgan fingerprint density at radius 3 is 2.68 bits per heavy atom. The van der Waals surface area contributed by atoms with Gasteiger partial charge in [0.2, 0.25) is 5.91 Å². The lowest BCUT2D eigenvalue weighted by Gasteiger charge is -2.34. The van der Waals surface area contributed by atoms with Crippen LogP contribution in [0.3, 0.4) is 0 Å². The number of benzene rings is 1. The number of aryl methyl sites for hydroxylation is 1. The fourth-order valence-electron chi connectivity index (χ4n) is 2.89. The fourth-order valence-corrected chi connectivity index (χ4v) is 2.89. The zero-order valence-corrected chi connectivity index (χ0v) is 14.4. The molecule has 1 saturated heterocycles. The number of piperidine rings is 1. The van der Waals surface area contributed by atoms with Crippen molar-refractivity contribution in [3.8, 4) is 0 Å². The van der Waals surface area contributed by atoms with Crippen molar-refractivity contribution in [2.24, 2.45) is 11.7 Å². The first-order chi connectivity index (χ1) is 10.1. The summed E-state index contributed by atoms with van der Waals surface area (Å²) in [5, 5.41) is 2.97. The second-order valence-corrected chi connectivity index (χ2v) is 6.10. The number of carbonyl (C=O) groups excluding carboxylic acids is 1. The lowest BCUT2D eigenvalue weighted by Crippen LogP contribution is -2.45. The Morgan fingerprint density at radius 2 is 2.09 bits per heavy atom. The number of anilines is 1. The lowest BCUT2D eigenvalue weighted by molar-refractivity contribution is -0.117. The minimum atomic E-state index is 0. The Kier molecular flexibility index (Phi) is 7.87. The van der Waals surface area contributed by atoms with Crippen LogP contribution in [0.4, 0.5) is 5.69 Å². The third-order valence-electron chi connectivity index (χ3n) is 4.30. The maximum absolute atomic E-state index is 12.1. The van der Waals surface area contributed by atoms with Crippen LogP contribution in [0.5, 0.6) is 0 Å². The van der Waals surface area contributed by atoms with E-state index in [0.29, 0.717) is 12.5 Å². The quantitative estimate of drug-likeness (QED) is 0.875. The van der Waals surface area contributed by atoms with Gasteiger partial charge in [-0.3, -0.25) is 9.69 Å². The summed E-state index contributed by atoms with van der Waals surface area (Å²) in [7, 11) is 0. The molecule has 0 saturated carbocycles. The van der Waals surface area contributed by atoms with Crippen molar-refractivity contribution in [3.63, 3.8) is 0 Å². The summed E-state index contributed by atoms with van der Waals surface area (Å²) >= 11 is 0. The SMILES string of the molecule is CCc1ccc(NC(=O)CN2CCCC(C(C)N)C2)cc1.Cl. The van der Waals surface area contributed by atoms with Crippen LogP contribution in [0, 0.1) is 5.92 Å². The zero-order valence-electron chi connectivity index (χ0n) is 13.5. The highest BCUT2D eigenvalue weighted by Gasteiger charge is 2.23. The molecule has 1 amide bonds. The molecule has 0 spiro atoms. The van der Waals surface area contributed by atoms with Crippen LogP contribution in [-0.2, 0) is 11.2 Å². The first kappa shape index (κ1) is 18.9. The molecule has 5 heteroatoms. The summed E-state index contributed by atoms with van der Waals surface area (Å²) in [6.07, 6.45) is 3.32.